The van der Waals surface area contributed by atoms with E-state index in [4.69, 9.17) is 10.9 Å². The van der Waals surface area contributed by atoms with Crippen LogP contribution in [0.5, 0.6) is 0 Å². The van der Waals surface area contributed by atoms with E-state index >= 15 is 0 Å². The van der Waals surface area contributed by atoms with Gasteiger partial charge in [0.2, 0.25) is 0 Å². The first-order valence-corrected chi connectivity index (χ1v) is 3.73. The van der Waals surface area contributed by atoms with Gasteiger partial charge in [-0.2, -0.15) is 0 Å². The summed E-state index contributed by atoms with van der Waals surface area (Å²) >= 11 is 4.27. The van der Waals surface area contributed by atoms with Crippen LogP contribution in [0.3, 0.4) is 0 Å². The van der Waals surface area contributed by atoms with Crippen LogP contribution in [0.25, 0.3) is 0 Å². The summed E-state index contributed by atoms with van der Waals surface area (Å²) < 4.78 is 0. The third-order valence-corrected chi connectivity index (χ3v) is 1.46. The molecule has 0 saturated carbocycles. The molecule has 42 valence electrons. The lowest BCUT2D eigenvalue weighted by Gasteiger charge is -1.87. The summed E-state index contributed by atoms with van der Waals surface area (Å²) in [5.74, 6) is 0. The zero-order valence-electron chi connectivity index (χ0n) is 3.73. The molecule has 0 spiro atoms. The minimum absolute atomic E-state index is 0.692. The van der Waals surface area contributed by atoms with E-state index in [0.29, 0.717) is 5.33 Å². The monoisotopic (exact) mass is 182 g/mol. The number of alkyl halides is 1. The molecule has 0 aliphatic rings. The Bertz CT molecular complexity index is 73.3. The molecule has 2 nitrogen and oxygen atoms in total. The Morgan fingerprint density at radius 2 is 2.43 bits per heavy atom. The molecule has 0 aromatic carbocycles. The van der Waals surface area contributed by atoms with Crippen LogP contribution >= 0.6 is 27.9 Å². The van der Waals surface area contributed by atoms with Crippen molar-refractivity contribution in [3.05, 3.63) is 11.1 Å². The molecule has 0 aromatic rings. The van der Waals surface area contributed by atoms with E-state index in [1.54, 1.807) is 5.41 Å². The highest BCUT2D eigenvalue weighted by molar-refractivity contribution is 9.09. The van der Waals surface area contributed by atoms with Crippen LogP contribution < -0.4 is 10.9 Å². The second-order valence-electron chi connectivity index (χ2n) is 0.962. The summed E-state index contributed by atoms with van der Waals surface area (Å²) in [6.45, 7) is 0. The van der Waals surface area contributed by atoms with Crippen molar-refractivity contribution in [2.45, 2.75) is 0 Å². The smallest absolute Gasteiger partial charge is 0.0434 e. The summed E-state index contributed by atoms with van der Waals surface area (Å²) in [6, 6.07) is 0. The lowest BCUT2D eigenvalue weighted by atomic mass is 10.6. The molecular weight excluding hydrogens is 176 g/mol. The standard InChI is InChI=1S/C3H7BrN2S/c4-1-3(5)2-7-6/h2H,1,5-6H2/b3-2-. The summed E-state index contributed by atoms with van der Waals surface area (Å²) in [5, 5.41) is 7.43. The molecule has 0 amide bonds. The fraction of sp³-hybridized carbons (Fsp3) is 0.333. The van der Waals surface area contributed by atoms with Crippen LogP contribution in [0.15, 0.2) is 11.1 Å². The van der Waals surface area contributed by atoms with Gasteiger partial charge in [0.25, 0.3) is 0 Å². The van der Waals surface area contributed by atoms with Gasteiger partial charge in [-0.1, -0.05) is 27.9 Å². The van der Waals surface area contributed by atoms with Crippen molar-refractivity contribution in [2.75, 3.05) is 5.33 Å². The van der Waals surface area contributed by atoms with Crippen LogP contribution in [0, 0.1) is 0 Å². The zero-order chi connectivity index (χ0) is 5.70. The Labute approximate surface area is 55.6 Å². The molecule has 0 aromatic heterocycles. The maximum Gasteiger partial charge on any atom is 0.0434 e. The largest absolute Gasteiger partial charge is 0.401 e. The SMILES string of the molecule is NS/C=C(\N)CBr. The van der Waals surface area contributed by atoms with E-state index < -0.39 is 0 Å². The van der Waals surface area contributed by atoms with E-state index in [9.17, 15) is 0 Å². The fourth-order valence-electron chi connectivity index (χ4n) is 0.119. The van der Waals surface area contributed by atoms with Gasteiger partial charge < -0.3 is 5.73 Å². The van der Waals surface area contributed by atoms with Crippen LogP contribution in [0.4, 0.5) is 0 Å². The summed E-state index contributed by atoms with van der Waals surface area (Å²) in [5.41, 5.74) is 6.05. The van der Waals surface area contributed by atoms with E-state index in [0.717, 1.165) is 17.6 Å². The maximum atomic E-state index is 5.30. The molecule has 0 heterocycles. The third kappa shape index (κ3) is 4.18. The highest BCUT2D eigenvalue weighted by Gasteiger charge is 1.79. The summed E-state index contributed by atoms with van der Waals surface area (Å²) in [4.78, 5) is 0. The number of rotatable bonds is 2. The number of nitrogens with two attached hydrogens (primary N) is 2. The molecule has 0 aliphatic carbocycles. The first-order chi connectivity index (χ1) is 3.31. The Kier molecular flexibility index (Phi) is 4.70. The molecule has 0 radical (unpaired) electrons. The van der Waals surface area contributed by atoms with Crippen molar-refractivity contribution < 1.29 is 0 Å². The zero-order valence-corrected chi connectivity index (χ0v) is 6.13. The quantitative estimate of drug-likeness (QED) is 0.491. The van der Waals surface area contributed by atoms with Gasteiger partial charge in [0.05, 0.1) is 0 Å². The highest BCUT2D eigenvalue weighted by atomic mass is 79.9. The second kappa shape index (κ2) is 4.49. The van der Waals surface area contributed by atoms with E-state index in [2.05, 4.69) is 15.9 Å². The lowest BCUT2D eigenvalue weighted by molar-refractivity contribution is 1.36. The van der Waals surface area contributed by atoms with Gasteiger partial charge in [0, 0.05) is 16.4 Å². The second-order valence-corrected chi connectivity index (χ2v) is 2.03. The third-order valence-electron chi connectivity index (χ3n) is 0.374. The Balaban J connectivity index is 3.29. The van der Waals surface area contributed by atoms with Crippen molar-refractivity contribution in [1.82, 2.24) is 0 Å². The topological polar surface area (TPSA) is 52.0 Å². The van der Waals surface area contributed by atoms with Gasteiger partial charge in [-0.05, 0) is 0 Å². The molecule has 0 bridgehead atoms. The molecule has 0 rings (SSSR count). The van der Waals surface area contributed by atoms with E-state index in [-0.39, 0.29) is 0 Å². The number of halogens is 1. The first-order valence-electron chi connectivity index (χ1n) is 1.67. The molecule has 0 unspecified atom stereocenters. The average molecular weight is 183 g/mol. The van der Waals surface area contributed by atoms with Crippen molar-refractivity contribution in [3.8, 4) is 0 Å². The molecule has 7 heavy (non-hydrogen) atoms. The maximum absolute atomic E-state index is 5.30. The first kappa shape index (κ1) is 7.33. The highest BCUT2D eigenvalue weighted by Crippen LogP contribution is 1.95. The Hall–Kier alpha value is 0.330. The molecule has 4 heteroatoms. The fourth-order valence-corrected chi connectivity index (χ4v) is 0.753. The predicted octanol–water partition coefficient (Wildman–Crippen LogP) is 0.788. The van der Waals surface area contributed by atoms with Gasteiger partial charge in [0.15, 0.2) is 0 Å². The van der Waals surface area contributed by atoms with Gasteiger partial charge in [-0.25, -0.2) is 0 Å². The number of hydrogen-bond donors (Lipinski definition) is 2. The van der Waals surface area contributed by atoms with Crippen molar-refractivity contribution in [3.63, 3.8) is 0 Å². The summed E-state index contributed by atoms with van der Waals surface area (Å²) in [7, 11) is 0. The summed E-state index contributed by atoms with van der Waals surface area (Å²) in [6.07, 6.45) is 0. The van der Waals surface area contributed by atoms with Crippen molar-refractivity contribution in [2.24, 2.45) is 10.9 Å². The Morgan fingerprint density at radius 1 is 1.86 bits per heavy atom. The van der Waals surface area contributed by atoms with Gasteiger partial charge in [0.1, 0.15) is 0 Å². The Morgan fingerprint density at radius 3 is 2.57 bits per heavy atom. The van der Waals surface area contributed by atoms with Crippen molar-refractivity contribution in [1.29, 1.82) is 0 Å². The van der Waals surface area contributed by atoms with Crippen molar-refractivity contribution >= 4 is 27.9 Å². The molecular formula is C3H7BrN2S. The van der Waals surface area contributed by atoms with E-state index in [1.165, 1.54) is 0 Å². The van der Waals surface area contributed by atoms with Gasteiger partial charge in [-0.3, -0.25) is 5.14 Å². The minimum Gasteiger partial charge on any atom is -0.401 e. The van der Waals surface area contributed by atoms with Crippen LogP contribution in [0.1, 0.15) is 0 Å². The average Bonchev–Trinajstić information content (AvgIpc) is 1.68. The van der Waals surface area contributed by atoms with Crippen LogP contribution in [-0.2, 0) is 0 Å². The number of hydrogen-bond acceptors (Lipinski definition) is 3. The predicted molar refractivity (Wildman–Crippen MR) is 37.8 cm³/mol. The lowest BCUT2D eigenvalue weighted by Crippen LogP contribution is -1.96. The molecule has 0 saturated heterocycles. The van der Waals surface area contributed by atoms with E-state index in [1.807, 2.05) is 0 Å². The molecule has 4 N–H and O–H groups in total. The number of allylic oxidation sites excluding steroid dienone is 1. The molecule has 0 aliphatic heterocycles. The van der Waals surface area contributed by atoms with Crippen LogP contribution in [-0.4, -0.2) is 5.33 Å². The molecule has 0 fully saturated rings. The van der Waals surface area contributed by atoms with Gasteiger partial charge in [-0.15, -0.1) is 0 Å². The molecule has 0 atom stereocenters. The normalized spacial score (nSPS) is 12.0. The van der Waals surface area contributed by atoms with Crippen LogP contribution in [0.2, 0.25) is 0 Å². The minimum atomic E-state index is 0.692. The van der Waals surface area contributed by atoms with Gasteiger partial charge >= 0.3 is 0 Å².